The van der Waals surface area contributed by atoms with Crippen LogP contribution in [0.5, 0.6) is 0 Å². The Kier molecular flexibility index (Phi) is 1.77. The number of aryl methyl sites for hydroxylation is 1. The molecule has 13 heavy (non-hydrogen) atoms. The lowest BCUT2D eigenvalue weighted by molar-refractivity contribution is 0.759. The number of aromatic nitrogens is 3. The van der Waals surface area contributed by atoms with Gasteiger partial charge in [-0.15, -0.1) is 0 Å². The molecule has 1 atom stereocenters. The normalized spacial score (nSPS) is 13.5. The van der Waals surface area contributed by atoms with Gasteiger partial charge in [0.05, 0.1) is 11.4 Å². The standard InChI is InChI=1S/C9H12N4/c1-6(10)8-7(2)12-9-11-4-3-5-13(8)9/h3-6H,10H2,1-2H3. The molecule has 2 heterocycles. The average molecular weight is 176 g/mol. The van der Waals surface area contributed by atoms with Crippen molar-refractivity contribution in [2.24, 2.45) is 5.73 Å². The summed E-state index contributed by atoms with van der Waals surface area (Å²) in [6.07, 6.45) is 3.66. The molecule has 0 bridgehead atoms. The number of nitrogens with two attached hydrogens (primary N) is 1. The van der Waals surface area contributed by atoms with Crippen LogP contribution in [-0.4, -0.2) is 14.4 Å². The number of hydrogen-bond acceptors (Lipinski definition) is 3. The molecule has 4 heteroatoms. The fourth-order valence-corrected chi connectivity index (χ4v) is 1.56. The highest BCUT2D eigenvalue weighted by atomic mass is 15.1. The Hall–Kier alpha value is -1.42. The third kappa shape index (κ3) is 1.19. The van der Waals surface area contributed by atoms with Crippen molar-refractivity contribution in [3.05, 3.63) is 29.8 Å². The third-order valence-electron chi connectivity index (χ3n) is 2.06. The van der Waals surface area contributed by atoms with Gasteiger partial charge in [-0.25, -0.2) is 9.97 Å². The van der Waals surface area contributed by atoms with Crippen LogP contribution in [0.4, 0.5) is 0 Å². The van der Waals surface area contributed by atoms with Crippen LogP contribution in [0.1, 0.15) is 24.4 Å². The minimum atomic E-state index is -0.0146. The molecule has 1 unspecified atom stereocenters. The summed E-state index contributed by atoms with van der Waals surface area (Å²) in [6.45, 7) is 3.90. The van der Waals surface area contributed by atoms with Crippen molar-refractivity contribution in [2.45, 2.75) is 19.9 Å². The van der Waals surface area contributed by atoms with E-state index in [1.54, 1.807) is 6.20 Å². The van der Waals surface area contributed by atoms with Crippen molar-refractivity contribution in [1.82, 2.24) is 14.4 Å². The fraction of sp³-hybridized carbons (Fsp3) is 0.333. The minimum Gasteiger partial charge on any atom is -0.323 e. The van der Waals surface area contributed by atoms with Crippen molar-refractivity contribution in [1.29, 1.82) is 0 Å². The molecule has 2 rings (SSSR count). The van der Waals surface area contributed by atoms with Gasteiger partial charge in [-0.05, 0) is 19.9 Å². The van der Waals surface area contributed by atoms with Crippen LogP contribution < -0.4 is 5.73 Å². The quantitative estimate of drug-likeness (QED) is 0.706. The second-order valence-corrected chi connectivity index (χ2v) is 3.16. The van der Waals surface area contributed by atoms with E-state index in [0.29, 0.717) is 5.78 Å². The van der Waals surface area contributed by atoms with E-state index in [-0.39, 0.29) is 6.04 Å². The van der Waals surface area contributed by atoms with Gasteiger partial charge < -0.3 is 5.73 Å². The van der Waals surface area contributed by atoms with Crippen molar-refractivity contribution >= 4 is 5.78 Å². The Labute approximate surface area is 76.4 Å². The number of hydrogen-bond donors (Lipinski definition) is 1. The number of rotatable bonds is 1. The Bertz CT molecular complexity index is 430. The van der Waals surface area contributed by atoms with E-state index >= 15 is 0 Å². The molecule has 0 spiro atoms. The first-order chi connectivity index (χ1) is 6.20. The van der Waals surface area contributed by atoms with Crippen LogP contribution in [0.15, 0.2) is 18.5 Å². The molecule has 0 amide bonds. The number of imidazole rings is 1. The lowest BCUT2D eigenvalue weighted by Gasteiger charge is -2.05. The van der Waals surface area contributed by atoms with Crippen molar-refractivity contribution < 1.29 is 0 Å². The Morgan fingerprint density at radius 2 is 2.31 bits per heavy atom. The molecule has 2 N–H and O–H groups in total. The van der Waals surface area contributed by atoms with Gasteiger partial charge in [0.1, 0.15) is 0 Å². The lowest BCUT2D eigenvalue weighted by atomic mass is 10.2. The SMILES string of the molecule is Cc1nc2ncccn2c1C(C)N. The lowest BCUT2D eigenvalue weighted by Crippen LogP contribution is -2.09. The molecule has 0 saturated carbocycles. The van der Waals surface area contributed by atoms with Crippen LogP contribution in [0.3, 0.4) is 0 Å². The summed E-state index contributed by atoms with van der Waals surface area (Å²) in [5.74, 6) is 0.715. The summed E-state index contributed by atoms with van der Waals surface area (Å²) >= 11 is 0. The smallest absolute Gasteiger partial charge is 0.234 e. The predicted molar refractivity (Wildman–Crippen MR) is 50.3 cm³/mol. The molecule has 0 saturated heterocycles. The molecule has 0 radical (unpaired) electrons. The monoisotopic (exact) mass is 176 g/mol. The average Bonchev–Trinajstić information content (AvgIpc) is 2.39. The zero-order valence-electron chi connectivity index (χ0n) is 7.73. The van der Waals surface area contributed by atoms with E-state index in [9.17, 15) is 0 Å². The summed E-state index contributed by atoms with van der Waals surface area (Å²) in [5.41, 5.74) is 7.82. The largest absolute Gasteiger partial charge is 0.323 e. The van der Waals surface area contributed by atoms with E-state index in [0.717, 1.165) is 11.4 Å². The van der Waals surface area contributed by atoms with Crippen LogP contribution in [0.25, 0.3) is 5.78 Å². The zero-order chi connectivity index (χ0) is 9.42. The van der Waals surface area contributed by atoms with E-state index in [1.807, 2.05) is 30.5 Å². The number of fused-ring (bicyclic) bond motifs is 1. The van der Waals surface area contributed by atoms with E-state index in [2.05, 4.69) is 9.97 Å². The number of nitrogens with zero attached hydrogens (tertiary/aromatic N) is 3. The fourth-order valence-electron chi connectivity index (χ4n) is 1.56. The molecule has 68 valence electrons. The highest BCUT2D eigenvalue weighted by Crippen LogP contribution is 2.15. The van der Waals surface area contributed by atoms with Crippen molar-refractivity contribution in [3.63, 3.8) is 0 Å². The van der Waals surface area contributed by atoms with E-state index in [1.165, 1.54) is 0 Å². The summed E-state index contributed by atoms with van der Waals surface area (Å²) in [4.78, 5) is 8.45. The van der Waals surface area contributed by atoms with Gasteiger partial charge in [-0.1, -0.05) is 0 Å². The van der Waals surface area contributed by atoms with Gasteiger partial charge in [-0.3, -0.25) is 4.40 Å². The van der Waals surface area contributed by atoms with Gasteiger partial charge >= 0.3 is 0 Å². The van der Waals surface area contributed by atoms with E-state index < -0.39 is 0 Å². The second-order valence-electron chi connectivity index (χ2n) is 3.16. The molecule has 0 aromatic carbocycles. The van der Waals surface area contributed by atoms with Gasteiger partial charge in [-0.2, -0.15) is 0 Å². The van der Waals surface area contributed by atoms with Crippen molar-refractivity contribution in [2.75, 3.05) is 0 Å². The predicted octanol–water partition coefficient (Wildman–Crippen LogP) is 1.06. The third-order valence-corrected chi connectivity index (χ3v) is 2.06. The van der Waals surface area contributed by atoms with Crippen LogP contribution in [-0.2, 0) is 0 Å². The Morgan fingerprint density at radius 3 is 3.00 bits per heavy atom. The van der Waals surface area contributed by atoms with Gasteiger partial charge in [0, 0.05) is 18.4 Å². The topological polar surface area (TPSA) is 56.2 Å². The molecule has 2 aromatic heterocycles. The van der Waals surface area contributed by atoms with Crippen molar-refractivity contribution in [3.8, 4) is 0 Å². The highest BCUT2D eigenvalue weighted by Gasteiger charge is 2.11. The molecule has 2 aromatic rings. The zero-order valence-corrected chi connectivity index (χ0v) is 7.73. The van der Waals surface area contributed by atoms with Gasteiger partial charge in [0.25, 0.3) is 0 Å². The summed E-state index contributed by atoms with van der Waals surface area (Å²) in [7, 11) is 0. The molecular weight excluding hydrogens is 164 g/mol. The molecule has 0 aliphatic rings. The van der Waals surface area contributed by atoms with Gasteiger partial charge in [0.2, 0.25) is 5.78 Å². The van der Waals surface area contributed by atoms with Crippen LogP contribution in [0.2, 0.25) is 0 Å². The molecule has 4 nitrogen and oxygen atoms in total. The first kappa shape index (κ1) is 8.19. The second kappa shape index (κ2) is 2.81. The first-order valence-electron chi connectivity index (χ1n) is 4.25. The van der Waals surface area contributed by atoms with Crippen LogP contribution in [0, 0.1) is 6.92 Å². The first-order valence-corrected chi connectivity index (χ1v) is 4.25. The summed E-state index contributed by atoms with van der Waals surface area (Å²) < 4.78 is 1.93. The van der Waals surface area contributed by atoms with Gasteiger partial charge in [0.15, 0.2) is 0 Å². The molecule has 0 aliphatic carbocycles. The maximum Gasteiger partial charge on any atom is 0.234 e. The molecular formula is C9H12N4. The maximum atomic E-state index is 5.84. The highest BCUT2D eigenvalue weighted by molar-refractivity contribution is 5.35. The molecule has 0 fully saturated rings. The Balaban J connectivity index is 2.78. The summed E-state index contributed by atoms with van der Waals surface area (Å²) in [5, 5.41) is 0. The van der Waals surface area contributed by atoms with E-state index in [4.69, 9.17) is 5.73 Å². The molecule has 0 aliphatic heterocycles. The maximum absolute atomic E-state index is 5.84. The summed E-state index contributed by atoms with van der Waals surface area (Å²) in [6, 6.07) is 1.86. The Morgan fingerprint density at radius 1 is 1.54 bits per heavy atom. The van der Waals surface area contributed by atoms with Crippen LogP contribution >= 0.6 is 0 Å². The minimum absolute atomic E-state index is 0.0146.